The molecule has 0 aliphatic carbocycles. The van der Waals surface area contributed by atoms with Crippen LogP contribution in [0.3, 0.4) is 0 Å². The summed E-state index contributed by atoms with van der Waals surface area (Å²) >= 11 is 0. The van der Waals surface area contributed by atoms with Crippen molar-refractivity contribution < 1.29 is 14.5 Å². The number of methoxy groups -OCH3 is 1. The van der Waals surface area contributed by atoms with Crippen LogP contribution < -0.4 is 15.8 Å². The van der Waals surface area contributed by atoms with Crippen LogP contribution in [0.4, 0.5) is 11.4 Å². The summed E-state index contributed by atoms with van der Waals surface area (Å²) in [5.74, 6) is 0.424. The van der Waals surface area contributed by atoms with E-state index in [0.717, 1.165) is 5.56 Å². The first kappa shape index (κ1) is 17.7. The number of ether oxygens (including phenoxy) is 1. The Morgan fingerprint density at radius 3 is 2.85 bits per heavy atom. The number of carbonyl (C=O) groups is 1. The van der Waals surface area contributed by atoms with Gasteiger partial charge in [-0.3, -0.25) is 14.9 Å². The maximum Gasteiger partial charge on any atom is 0.292 e. The largest absolute Gasteiger partial charge is 0.496 e. The molecule has 1 saturated heterocycles. The maximum atomic E-state index is 13.1. The van der Waals surface area contributed by atoms with E-state index in [-0.39, 0.29) is 28.9 Å². The fourth-order valence-electron chi connectivity index (χ4n) is 3.17. The molecule has 1 unspecified atom stereocenters. The van der Waals surface area contributed by atoms with Crippen LogP contribution in [-0.4, -0.2) is 42.5 Å². The Hall–Kier alpha value is -3.13. The summed E-state index contributed by atoms with van der Waals surface area (Å²) in [6.07, 6.45) is 0. The van der Waals surface area contributed by atoms with E-state index in [2.05, 4.69) is 5.32 Å². The summed E-state index contributed by atoms with van der Waals surface area (Å²) in [6.45, 7) is 1.71. The zero-order chi connectivity index (χ0) is 18.7. The van der Waals surface area contributed by atoms with Gasteiger partial charge in [0.2, 0.25) is 0 Å². The van der Waals surface area contributed by atoms with E-state index in [1.54, 1.807) is 12.0 Å². The molecule has 3 N–H and O–H groups in total. The number of nitrogens with zero attached hydrogens (tertiary/aromatic N) is 2. The maximum absolute atomic E-state index is 13.1. The molecule has 1 fully saturated rings. The van der Waals surface area contributed by atoms with Crippen LogP contribution in [0, 0.1) is 10.1 Å². The van der Waals surface area contributed by atoms with Gasteiger partial charge in [0.1, 0.15) is 11.4 Å². The molecule has 136 valence electrons. The first-order valence-corrected chi connectivity index (χ1v) is 8.21. The predicted molar refractivity (Wildman–Crippen MR) is 97.2 cm³/mol. The van der Waals surface area contributed by atoms with E-state index in [4.69, 9.17) is 10.5 Å². The van der Waals surface area contributed by atoms with E-state index in [1.807, 2.05) is 24.3 Å². The molecule has 0 radical (unpaired) electrons. The van der Waals surface area contributed by atoms with E-state index in [1.165, 1.54) is 18.2 Å². The first-order chi connectivity index (χ1) is 12.5. The van der Waals surface area contributed by atoms with Gasteiger partial charge in [0.25, 0.3) is 11.6 Å². The lowest BCUT2D eigenvalue weighted by Gasteiger charge is -2.37. The van der Waals surface area contributed by atoms with Crippen LogP contribution in [0.25, 0.3) is 0 Å². The standard InChI is InChI=1S/C18H20N4O4/c1-26-17-5-3-2-4-13(17)16-11-20-8-9-21(16)18(23)12-6-7-14(19)15(10-12)22(24)25/h2-7,10,16,20H,8-9,11,19H2,1H3. The van der Waals surface area contributed by atoms with Gasteiger partial charge in [-0.25, -0.2) is 0 Å². The summed E-state index contributed by atoms with van der Waals surface area (Å²) in [5.41, 5.74) is 6.54. The summed E-state index contributed by atoms with van der Waals surface area (Å²) in [6, 6.07) is 11.4. The zero-order valence-electron chi connectivity index (χ0n) is 14.3. The van der Waals surface area contributed by atoms with E-state index < -0.39 is 4.92 Å². The second-order valence-corrected chi connectivity index (χ2v) is 5.99. The molecule has 1 aliphatic heterocycles. The smallest absolute Gasteiger partial charge is 0.292 e. The number of nitrogens with one attached hydrogen (secondary N) is 1. The van der Waals surface area contributed by atoms with Crippen molar-refractivity contribution in [1.29, 1.82) is 0 Å². The minimum Gasteiger partial charge on any atom is -0.496 e. The minimum atomic E-state index is -0.582. The van der Waals surface area contributed by atoms with Gasteiger partial charge in [0, 0.05) is 36.8 Å². The Labute approximate surface area is 150 Å². The Bertz CT molecular complexity index is 840. The molecule has 1 amide bonds. The first-order valence-electron chi connectivity index (χ1n) is 8.21. The number of para-hydroxylation sites is 1. The summed E-state index contributed by atoms with van der Waals surface area (Å²) < 4.78 is 5.43. The molecule has 8 nitrogen and oxygen atoms in total. The molecule has 8 heteroatoms. The third-order valence-electron chi connectivity index (χ3n) is 4.48. The number of amides is 1. The number of benzene rings is 2. The van der Waals surface area contributed by atoms with Crippen LogP contribution in [0.15, 0.2) is 42.5 Å². The molecule has 2 aromatic carbocycles. The summed E-state index contributed by atoms with van der Waals surface area (Å²) in [5, 5.41) is 14.4. The molecule has 2 aromatic rings. The quantitative estimate of drug-likeness (QED) is 0.492. The number of nitro benzene ring substituents is 1. The lowest BCUT2D eigenvalue weighted by atomic mass is 10.0. The third kappa shape index (κ3) is 3.31. The van der Waals surface area contributed by atoms with Gasteiger partial charge >= 0.3 is 0 Å². The second kappa shape index (κ2) is 7.40. The third-order valence-corrected chi connectivity index (χ3v) is 4.48. The van der Waals surface area contributed by atoms with Crippen molar-refractivity contribution in [2.75, 3.05) is 32.5 Å². The fraction of sp³-hybridized carbons (Fsp3) is 0.278. The van der Waals surface area contributed by atoms with Crippen molar-refractivity contribution in [3.63, 3.8) is 0 Å². The molecule has 0 saturated carbocycles. The normalized spacial score (nSPS) is 17.0. The van der Waals surface area contributed by atoms with Crippen molar-refractivity contribution in [2.24, 2.45) is 0 Å². The molecule has 26 heavy (non-hydrogen) atoms. The number of carbonyl (C=O) groups excluding carboxylic acids is 1. The number of hydrogen-bond donors (Lipinski definition) is 2. The number of nitro groups is 1. The van der Waals surface area contributed by atoms with Crippen LogP contribution in [-0.2, 0) is 0 Å². The molecule has 1 atom stereocenters. The van der Waals surface area contributed by atoms with Crippen LogP contribution in [0.2, 0.25) is 0 Å². The van der Waals surface area contributed by atoms with Gasteiger partial charge in [-0.1, -0.05) is 18.2 Å². The number of rotatable bonds is 4. The molecular formula is C18H20N4O4. The van der Waals surface area contributed by atoms with Gasteiger partial charge in [0.15, 0.2) is 0 Å². The van der Waals surface area contributed by atoms with Crippen molar-refractivity contribution in [3.8, 4) is 5.75 Å². The molecule has 1 heterocycles. The van der Waals surface area contributed by atoms with Crippen LogP contribution in [0.1, 0.15) is 22.0 Å². The highest BCUT2D eigenvalue weighted by Crippen LogP contribution is 2.32. The molecule has 0 aromatic heterocycles. The SMILES string of the molecule is COc1ccccc1C1CNCCN1C(=O)c1ccc(N)c([N+](=O)[O-])c1. The highest BCUT2D eigenvalue weighted by Gasteiger charge is 2.31. The number of hydrogen-bond acceptors (Lipinski definition) is 6. The topological polar surface area (TPSA) is 111 Å². The number of nitrogens with two attached hydrogens (primary N) is 1. The van der Waals surface area contributed by atoms with E-state index in [9.17, 15) is 14.9 Å². The highest BCUT2D eigenvalue weighted by molar-refractivity contribution is 5.96. The zero-order valence-corrected chi connectivity index (χ0v) is 14.3. The van der Waals surface area contributed by atoms with Crippen molar-refractivity contribution >= 4 is 17.3 Å². The Morgan fingerprint density at radius 2 is 2.12 bits per heavy atom. The molecular weight excluding hydrogens is 336 g/mol. The summed E-state index contributed by atoms with van der Waals surface area (Å²) in [7, 11) is 1.59. The van der Waals surface area contributed by atoms with Crippen LogP contribution >= 0.6 is 0 Å². The molecule has 0 spiro atoms. The second-order valence-electron chi connectivity index (χ2n) is 5.99. The van der Waals surface area contributed by atoms with Gasteiger partial charge in [-0.15, -0.1) is 0 Å². The number of piperazine rings is 1. The number of nitrogen functional groups attached to an aromatic ring is 1. The van der Waals surface area contributed by atoms with Crippen molar-refractivity contribution in [1.82, 2.24) is 10.2 Å². The summed E-state index contributed by atoms with van der Waals surface area (Å²) in [4.78, 5) is 25.3. The number of anilines is 1. The lowest BCUT2D eigenvalue weighted by molar-refractivity contribution is -0.383. The Kier molecular flexibility index (Phi) is 5.04. The molecule has 1 aliphatic rings. The minimum absolute atomic E-state index is 0.0353. The molecule has 3 rings (SSSR count). The van der Waals surface area contributed by atoms with Gasteiger partial charge < -0.3 is 20.7 Å². The predicted octanol–water partition coefficient (Wildman–Crippen LogP) is 1.97. The molecule has 0 bridgehead atoms. The van der Waals surface area contributed by atoms with Crippen molar-refractivity contribution in [2.45, 2.75) is 6.04 Å². The van der Waals surface area contributed by atoms with E-state index >= 15 is 0 Å². The lowest BCUT2D eigenvalue weighted by Crippen LogP contribution is -2.48. The Balaban J connectivity index is 1.96. The van der Waals surface area contributed by atoms with Gasteiger partial charge in [-0.2, -0.15) is 0 Å². The van der Waals surface area contributed by atoms with Gasteiger partial charge in [-0.05, 0) is 18.2 Å². The monoisotopic (exact) mass is 356 g/mol. The van der Waals surface area contributed by atoms with Crippen molar-refractivity contribution in [3.05, 3.63) is 63.7 Å². The highest BCUT2D eigenvalue weighted by atomic mass is 16.6. The van der Waals surface area contributed by atoms with Crippen LogP contribution in [0.5, 0.6) is 5.75 Å². The average Bonchev–Trinajstić information content (AvgIpc) is 2.67. The van der Waals surface area contributed by atoms with Gasteiger partial charge in [0.05, 0.1) is 18.1 Å². The average molecular weight is 356 g/mol. The fourth-order valence-corrected chi connectivity index (χ4v) is 3.17. The van der Waals surface area contributed by atoms with E-state index in [0.29, 0.717) is 25.4 Å². The Morgan fingerprint density at radius 1 is 1.35 bits per heavy atom.